The van der Waals surface area contributed by atoms with Gasteiger partial charge in [0.1, 0.15) is 0 Å². The molecule has 7 nitrogen and oxygen atoms in total. The molecular formula is C11H8BrN3O4. The average molecular weight is 326 g/mol. The molecule has 0 spiro atoms. The molecule has 19 heavy (non-hydrogen) atoms. The Morgan fingerprint density at radius 3 is 2.53 bits per heavy atom. The van der Waals surface area contributed by atoms with Crippen molar-refractivity contribution in [3.05, 3.63) is 40.0 Å². The van der Waals surface area contributed by atoms with Gasteiger partial charge in [-0.3, -0.25) is 4.79 Å². The van der Waals surface area contributed by atoms with E-state index in [1.165, 1.54) is 0 Å². The molecule has 8 heteroatoms. The van der Waals surface area contributed by atoms with Crippen LogP contribution in [0.15, 0.2) is 33.4 Å². The Morgan fingerprint density at radius 1 is 1.26 bits per heavy atom. The lowest BCUT2D eigenvalue weighted by Crippen LogP contribution is -2.15. The molecule has 0 radical (unpaired) electrons. The molecule has 1 heterocycles. The fraction of sp³-hybridized carbons (Fsp3) is 0.0909. The van der Waals surface area contributed by atoms with Crippen LogP contribution in [0, 0.1) is 0 Å². The van der Waals surface area contributed by atoms with Gasteiger partial charge in [-0.05, 0) is 22.4 Å². The van der Waals surface area contributed by atoms with E-state index in [0.29, 0.717) is 5.56 Å². The van der Waals surface area contributed by atoms with Crippen LogP contribution < -0.4 is 5.73 Å². The van der Waals surface area contributed by atoms with Crippen LogP contribution in [0.2, 0.25) is 0 Å². The Morgan fingerprint density at radius 2 is 1.95 bits per heavy atom. The van der Waals surface area contributed by atoms with Crippen LogP contribution in [0.5, 0.6) is 0 Å². The first-order valence-corrected chi connectivity index (χ1v) is 5.91. The zero-order chi connectivity index (χ0) is 13.8. The Kier molecular flexibility index (Phi) is 3.91. The maximum absolute atomic E-state index is 11.7. The molecule has 0 saturated heterocycles. The summed E-state index contributed by atoms with van der Waals surface area (Å²) in [6.07, 6.45) is 0. The number of Topliss-reactive ketones (excluding diaryl/α,β-unsaturated/α-hetero) is 1. The molecule has 0 aliphatic rings. The minimum absolute atomic E-state index is 0.180. The van der Waals surface area contributed by atoms with Gasteiger partial charge in [0.05, 0.1) is 0 Å². The minimum Gasteiger partial charge on any atom is -0.452 e. The molecule has 0 aliphatic carbocycles. The molecule has 2 N–H and O–H groups in total. The number of carbonyl (C=O) groups is 2. The highest BCUT2D eigenvalue weighted by Gasteiger charge is 2.19. The zero-order valence-electron chi connectivity index (χ0n) is 9.50. The van der Waals surface area contributed by atoms with Gasteiger partial charge in [-0.25, -0.2) is 9.42 Å². The summed E-state index contributed by atoms with van der Waals surface area (Å²) in [5.41, 5.74) is 5.50. The second-order valence-corrected chi connectivity index (χ2v) is 4.42. The maximum Gasteiger partial charge on any atom is 0.365 e. The highest BCUT2D eigenvalue weighted by molar-refractivity contribution is 9.10. The molecule has 1 aromatic heterocycles. The predicted octanol–water partition coefficient (Wildman–Crippen LogP) is 1.45. The fourth-order valence-electron chi connectivity index (χ4n) is 1.26. The predicted molar refractivity (Wildman–Crippen MR) is 67.5 cm³/mol. The lowest BCUT2D eigenvalue weighted by Gasteiger charge is -2.02. The van der Waals surface area contributed by atoms with Crippen LogP contribution in [0.3, 0.4) is 0 Å². The van der Waals surface area contributed by atoms with Crippen molar-refractivity contribution in [1.29, 1.82) is 0 Å². The number of nitrogens with two attached hydrogens (primary N) is 1. The highest BCUT2D eigenvalue weighted by Crippen LogP contribution is 2.11. The van der Waals surface area contributed by atoms with Crippen molar-refractivity contribution in [2.45, 2.75) is 0 Å². The molecular weight excluding hydrogens is 318 g/mol. The third kappa shape index (κ3) is 3.16. The summed E-state index contributed by atoms with van der Waals surface area (Å²) in [5.74, 6) is -1.37. The molecule has 98 valence electrons. The number of ether oxygens (including phenoxy) is 1. The smallest absolute Gasteiger partial charge is 0.365 e. The molecule has 0 atom stereocenters. The van der Waals surface area contributed by atoms with E-state index >= 15 is 0 Å². The van der Waals surface area contributed by atoms with Crippen molar-refractivity contribution < 1.29 is 19.0 Å². The number of nitrogens with zero attached hydrogens (tertiary/aromatic N) is 2. The van der Waals surface area contributed by atoms with Gasteiger partial charge in [-0.1, -0.05) is 28.1 Å². The van der Waals surface area contributed by atoms with Gasteiger partial charge in [0, 0.05) is 10.0 Å². The molecule has 1 aromatic carbocycles. The highest BCUT2D eigenvalue weighted by atomic mass is 79.9. The normalized spacial score (nSPS) is 10.2. The second-order valence-electron chi connectivity index (χ2n) is 3.50. The quantitative estimate of drug-likeness (QED) is 0.669. The number of halogens is 1. The third-order valence-corrected chi connectivity index (χ3v) is 2.74. The molecule has 2 rings (SSSR count). The van der Waals surface area contributed by atoms with Gasteiger partial charge in [0.2, 0.25) is 11.5 Å². The Labute approximate surface area is 115 Å². The van der Waals surface area contributed by atoms with Crippen LogP contribution in [0.4, 0.5) is 5.82 Å². The maximum atomic E-state index is 11.7. The number of ketones is 1. The van der Waals surface area contributed by atoms with Gasteiger partial charge >= 0.3 is 5.97 Å². The standard InChI is InChI=1S/C11H8BrN3O4/c12-7-3-1-6(2-4-7)8(16)5-18-11(17)9-10(13)15-19-14-9/h1-4H,5H2,(H2,13,15). The van der Waals surface area contributed by atoms with Crippen molar-refractivity contribution in [2.75, 3.05) is 12.3 Å². The van der Waals surface area contributed by atoms with Crippen molar-refractivity contribution in [2.24, 2.45) is 0 Å². The zero-order valence-corrected chi connectivity index (χ0v) is 11.1. The number of hydrogen-bond donors (Lipinski definition) is 1. The lowest BCUT2D eigenvalue weighted by molar-refractivity contribution is 0.0465. The van der Waals surface area contributed by atoms with Crippen molar-refractivity contribution >= 4 is 33.5 Å². The van der Waals surface area contributed by atoms with Crippen LogP contribution >= 0.6 is 15.9 Å². The summed E-state index contributed by atoms with van der Waals surface area (Å²) in [4.78, 5) is 23.2. The Bertz CT molecular complexity index is 609. The average Bonchev–Trinajstić information content (AvgIpc) is 2.83. The largest absolute Gasteiger partial charge is 0.452 e. The Hall–Kier alpha value is -2.22. The number of nitrogen functional groups attached to an aromatic ring is 1. The van der Waals surface area contributed by atoms with Crippen molar-refractivity contribution in [3.63, 3.8) is 0 Å². The number of hydrogen-bond acceptors (Lipinski definition) is 7. The number of anilines is 1. The molecule has 0 amide bonds. The SMILES string of the molecule is Nc1nonc1C(=O)OCC(=O)c1ccc(Br)cc1. The molecule has 0 saturated carbocycles. The van der Waals surface area contributed by atoms with Gasteiger partial charge in [-0.15, -0.1) is 0 Å². The van der Waals surface area contributed by atoms with Crippen LogP contribution in [-0.2, 0) is 4.74 Å². The summed E-state index contributed by atoms with van der Waals surface area (Å²) in [5, 5.41) is 6.51. The first kappa shape index (κ1) is 13.2. The molecule has 2 aromatic rings. The number of carbonyl (C=O) groups excluding carboxylic acids is 2. The van der Waals surface area contributed by atoms with Crippen molar-refractivity contribution in [3.8, 4) is 0 Å². The van der Waals surface area contributed by atoms with Crippen LogP contribution in [0.25, 0.3) is 0 Å². The van der Waals surface area contributed by atoms with Gasteiger partial charge in [0.15, 0.2) is 12.4 Å². The molecule has 0 unspecified atom stereocenters. The fourth-order valence-corrected chi connectivity index (χ4v) is 1.52. The summed E-state index contributed by atoms with van der Waals surface area (Å²) >= 11 is 3.25. The summed E-state index contributed by atoms with van der Waals surface area (Å²) in [6.45, 7) is -0.410. The number of benzene rings is 1. The molecule has 0 fully saturated rings. The molecule has 0 bridgehead atoms. The van der Waals surface area contributed by atoms with E-state index in [1.807, 2.05) is 0 Å². The van der Waals surface area contributed by atoms with Gasteiger partial charge in [-0.2, -0.15) is 0 Å². The topological polar surface area (TPSA) is 108 Å². The summed E-state index contributed by atoms with van der Waals surface area (Å²) in [7, 11) is 0. The van der Waals surface area contributed by atoms with E-state index in [9.17, 15) is 9.59 Å². The summed E-state index contributed by atoms with van der Waals surface area (Å²) < 4.78 is 9.88. The van der Waals surface area contributed by atoms with E-state index in [-0.39, 0.29) is 17.3 Å². The van der Waals surface area contributed by atoms with Gasteiger partial charge < -0.3 is 10.5 Å². The number of esters is 1. The van der Waals surface area contributed by atoms with Crippen LogP contribution in [-0.4, -0.2) is 28.7 Å². The summed E-state index contributed by atoms with van der Waals surface area (Å²) in [6, 6.07) is 6.67. The Balaban J connectivity index is 1.96. The minimum atomic E-state index is -0.857. The van der Waals surface area contributed by atoms with Gasteiger partial charge in [0.25, 0.3) is 0 Å². The van der Waals surface area contributed by atoms with E-state index in [1.54, 1.807) is 24.3 Å². The van der Waals surface area contributed by atoms with Crippen LogP contribution in [0.1, 0.15) is 20.8 Å². The van der Waals surface area contributed by atoms with E-state index < -0.39 is 12.6 Å². The first-order valence-electron chi connectivity index (χ1n) is 5.12. The van der Waals surface area contributed by atoms with E-state index in [0.717, 1.165) is 4.47 Å². The molecule has 0 aliphatic heterocycles. The second kappa shape index (κ2) is 5.61. The van der Waals surface area contributed by atoms with E-state index in [4.69, 9.17) is 10.5 Å². The lowest BCUT2D eigenvalue weighted by atomic mass is 10.1. The first-order chi connectivity index (χ1) is 9.08. The monoisotopic (exact) mass is 325 g/mol. The number of rotatable bonds is 4. The van der Waals surface area contributed by atoms with E-state index in [2.05, 4.69) is 30.9 Å². The third-order valence-electron chi connectivity index (χ3n) is 2.21. The number of aromatic nitrogens is 2. The van der Waals surface area contributed by atoms with Crippen molar-refractivity contribution in [1.82, 2.24) is 10.3 Å².